The van der Waals surface area contributed by atoms with Crippen LogP contribution in [0.25, 0.3) is 0 Å². The van der Waals surface area contributed by atoms with E-state index in [9.17, 15) is 0 Å². The summed E-state index contributed by atoms with van der Waals surface area (Å²) in [5, 5.41) is 9.79. The number of rotatable bonds is 4. The third-order valence-electron chi connectivity index (χ3n) is 1.97. The maximum Gasteiger partial charge on any atom is 0.271 e. The van der Waals surface area contributed by atoms with Gasteiger partial charge in [0.15, 0.2) is 0 Å². The number of aliphatic hydroxyl groups excluding tert-OH is 1. The average Bonchev–Trinajstić information content (AvgIpc) is 2.20. The molecule has 13 heavy (non-hydrogen) atoms. The second kappa shape index (κ2) is 5.26. The molecule has 1 aliphatic heterocycles. The second-order valence-electron chi connectivity index (χ2n) is 3.16. The first-order valence-corrected chi connectivity index (χ1v) is 5.40. The minimum absolute atomic E-state index is 0.0527. The molecule has 0 aromatic rings. The van der Waals surface area contributed by atoms with Crippen molar-refractivity contribution in [3.05, 3.63) is 0 Å². The van der Waals surface area contributed by atoms with Gasteiger partial charge in [0.2, 0.25) is 0 Å². The van der Waals surface area contributed by atoms with Crippen LogP contribution in [0.2, 0.25) is 0 Å². The summed E-state index contributed by atoms with van der Waals surface area (Å²) in [4.78, 5) is 0. The second-order valence-corrected chi connectivity index (χ2v) is 3.72. The molecule has 1 fully saturated rings. The number of aliphatic hydroxyl groups is 1. The van der Waals surface area contributed by atoms with Gasteiger partial charge in [-0.3, -0.25) is 0 Å². The summed E-state index contributed by atoms with van der Waals surface area (Å²) >= 11 is 3.33. The molecule has 5 heteroatoms. The Morgan fingerprint density at radius 2 is 2.15 bits per heavy atom. The van der Waals surface area contributed by atoms with Crippen LogP contribution >= 0.6 is 15.9 Å². The summed E-state index contributed by atoms with van der Waals surface area (Å²) in [6.07, 6.45) is 0. The zero-order chi connectivity index (χ0) is 9.73. The lowest BCUT2D eigenvalue weighted by Gasteiger charge is -2.36. The Kier molecular flexibility index (Phi) is 4.61. The number of ether oxygens (including phenoxy) is 3. The third-order valence-corrected chi connectivity index (χ3v) is 3.16. The Labute approximate surface area is 86.3 Å². The van der Waals surface area contributed by atoms with Gasteiger partial charge in [-0.1, -0.05) is 15.9 Å². The van der Waals surface area contributed by atoms with E-state index in [1.54, 1.807) is 0 Å². The van der Waals surface area contributed by atoms with Gasteiger partial charge in [-0.05, 0) is 6.92 Å². The Morgan fingerprint density at radius 1 is 1.54 bits per heavy atom. The fourth-order valence-electron chi connectivity index (χ4n) is 1.02. The lowest BCUT2D eigenvalue weighted by atomic mass is 9.94. The fraction of sp³-hybridized carbons (Fsp3) is 1.00. The van der Waals surface area contributed by atoms with E-state index in [-0.39, 0.29) is 12.0 Å². The molecule has 0 unspecified atom stereocenters. The van der Waals surface area contributed by atoms with Crippen LogP contribution < -0.4 is 0 Å². The first-order chi connectivity index (χ1) is 6.26. The predicted molar refractivity (Wildman–Crippen MR) is 50.6 cm³/mol. The van der Waals surface area contributed by atoms with Crippen molar-refractivity contribution in [2.75, 3.05) is 31.8 Å². The van der Waals surface area contributed by atoms with E-state index in [1.807, 2.05) is 6.92 Å². The van der Waals surface area contributed by atoms with Gasteiger partial charge in [0.05, 0.1) is 25.2 Å². The summed E-state index contributed by atoms with van der Waals surface area (Å²) in [7, 11) is 0. The maximum absolute atomic E-state index is 9.13. The van der Waals surface area contributed by atoms with E-state index in [0.29, 0.717) is 25.2 Å². The fourth-order valence-corrected chi connectivity index (χ4v) is 1.52. The molecule has 1 N–H and O–H groups in total. The molecule has 0 bridgehead atoms. The van der Waals surface area contributed by atoms with Crippen molar-refractivity contribution >= 4 is 15.9 Å². The van der Waals surface area contributed by atoms with Crippen molar-refractivity contribution in [1.82, 2.24) is 0 Å². The standard InChI is InChI=1S/C8H15BrO4/c1-2-11-7-12-5-8(3-9,4-10)6-13-7/h7,10H,2-6H2,1H3. The highest BCUT2D eigenvalue weighted by Gasteiger charge is 2.35. The molecule has 1 heterocycles. The Bertz CT molecular complexity index is 139. The molecule has 1 aliphatic rings. The maximum atomic E-state index is 9.13. The van der Waals surface area contributed by atoms with Crippen LogP contribution in [0, 0.1) is 5.41 Å². The summed E-state index contributed by atoms with van der Waals surface area (Å²) in [6, 6.07) is 0. The van der Waals surface area contributed by atoms with Gasteiger partial charge in [-0.15, -0.1) is 0 Å². The number of hydrogen-bond acceptors (Lipinski definition) is 4. The Hall–Kier alpha value is 0.320. The van der Waals surface area contributed by atoms with E-state index in [0.717, 1.165) is 0 Å². The van der Waals surface area contributed by atoms with Crippen molar-refractivity contribution in [3.63, 3.8) is 0 Å². The van der Waals surface area contributed by atoms with Crippen LogP contribution in [0.3, 0.4) is 0 Å². The largest absolute Gasteiger partial charge is 0.396 e. The van der Waals surface area contributed by atoms with Crippen molar-refractivity contribution in [1.29, 1.82) is 0 Å². The van der Waals surface area contributed by atoms with Gasteiger partial charge in [-0.25, -0.2) is 0 Å². The molecule has 1 rings (SSSR count). The van der Waals surface area contributed by atoms with Crippen LogP contribution in [-0.2, 0) is 14.2 Å². The van der Waals surface area contributed by atoms with E-state index in [1.165, 1.54) is 0 Å². The highest BCUT2D eigenvalue weighted by atomic mass is 79.9. The first-order valence-electron chi connectivity index (χ1n) is 4.28. The summed E-state index contributed by atoms with van der Waals surface area (Å²) in [5.74, 6) is 0. The zero-order valence-corrected chi connectivity index (χ0v) is 9.25. The van der Waals surface area contributed by atoms with Crippen LogP contribution in [-0.4, -0.2) is 43.3 Å². The van der Waals surface area contributed by atoms with Crippen LogP contribution in [0.1, 0.15) is 6.92 Å². The zero-order valence-electron chi connectivity index (χ0n) is 7.66. The minimum atomic E-state index is -0.566. The lowest BCUT2D eigenvalue weighted by molar-refractivity contribution is -0.336. The Balaban J connectivity index is 2.36. The predicted octanol–water partition coefficient (Wildman–Crippen LogP) is 0.727. The Morgan fingerprint density at radius 3 is 2.54 bits per heavy atom. The molecule has 0 amide bonds. The topological polar surface area (TPSA) is 47.9 Å². The van der Waals surface area contributed by atoms with Gasteiger partial charge in [0.1, 0.15) is 0 Å². The highest BCUT2D eigenvalue weighted by molar-refractivity contribution is 9.09. The minimum Gasteiger partial charge on any atom is -0.396 e. The van der Waals surface area contributed by atoms with Crippen molar-refractivity contribution in [2.24, 2.45) is 5.41 Å². The van der Waals surface area contributed by atoms with E-state index in [4.69, 9.17) is 19.3 Å². The molecule has 0 spiro atoms. The molecule has 0 aromatic carbocycles. The van der Waals surface area contributed by atoms with E-state index < -0.39 is 6.48 Å². The average molecular weight is 255 g/mol. The summed E-state index contributed by atoms with van der Waals surface area (Å²) in [6.45, 7) is 2.84. The molecule has 0 atom stereocenters. The monoisotopic (exact) mass is 254 g/mol. The van der Waals surface area contributed by atoms with Crippen molar-refractivity contribution in [2.45, 2.75) is 13.4 Å². The molecule has 78 valence electrons. The van der Waals surface area contributed by atoms with Crippen molar-refractivity contribution in [3.8, 4) is 0 Å². The number of hydrogen-bond donors (Lipinski definition) is 1. The quantitative estimate of drug-likeness (QED) is 0.752. The SMILES string of the molecule is CCOC1OCC(CO)(CBr)CO1. The summed E-state index contributed by atoms with van der Waals surface area (Å²) in [5.41, 5.74) is -0.312. The molecule has 0 saturated carbocycles. The van der Waals surface area contributed by atoms with Gasteiger partial charge >= 0.3 is 0 Å². The van der Waals surface area contributed by atoms with Crippen LogP contribution in [0.15, 0.2) is 0 Å². The van der Waals surface area contributed by atoms with E-state index >= 15 is 0 Å². The first kappa shape index (κ1) is 11.4. The summed E-state index contributed by atoms with van der Waals surface area (Å²) < 4.78 is 15.7. The van der Waals surface area contributed by atoms with Gasteiger partial charge in [-0.2, -0.15) is 0 Å². The smallest absolute Gasteiger partial charge is 0.271 e. The molecule has 0 aliphatic carbocycles. The molecule has 1 saturated heterocycles. The molecular formula is C8H15BrO4. The highest BCUT2D eigenvalue weighted by Crippen LogP contribution is 2.26. The van der Waals surface area contributed by atoms with Crippen LogP contribution in [0.5, 0.6) is 0 Å². The van der Waals surface area contributed by atoms with E-state index in [2.05, 4.69) is 15.9 Å². The normalized spacial score (nSPS) is 34.8. The lowest BCUT2D eigenvalue weighted by Crippen LogP contribution is -2.46. The van der Waals surface area contributed by atoms with Gasteiger partial charge in [0, 0.05) is 11.9 Å². The van der Waals surface area contributed by atoms with Crippen LogP contribution in [0.4, 0.5) is 0 Å². The molecule has 4 nitrogen and oxygen atoms in total. The van der Waals surface area contributed by atoms with Gasteiger partial charge < -0.3 is 19.3 Å². The molecule has 0 aromatic heterocycles. The number of halogens is 1. The third kappa shape index (κ3) is 2.89. The van der Waals surface area contributed by atoms with Gasteiger partial charge in [0.25, 0.3) is 6.48 Å². The number of alkyl halides is 1. The molecular weight excluding hydrogens is 240 g/mol. The molecule has 0 radical (unpaired) electrons. The van der Waals surface area contributed by atoms with Crippen molar-refractivity contribution < 1.29 is 19.3 Å².